The van der Waals surface area contributed by atoms with Crippen LogP contribution in [0.4, 0.5) is 8.78 Å². The molecule has 3 rings (SSSR count). The zero-order chi connectivity index (χ0) is 18.5. The van der Waals surface area contributed by atoms with Crippen LogP contribution < -0.4 is 4.74 Å². The maximum absolute atomic E-state index is 12.6. The number of halogens is 2. The molecule has 1 saturated heterocycles. The van der Waals surface area contributed by atoms with Gasteiger partial charge in [-0.2, -0.15) is 8.78 Å². The van der Waals surface area contributed by atoms with Crippen molar-refractivity contribution in [2.45, 2.75) is 25.9 Å². The van der Waals surface area contributed by atoms with Gasteiger partial charge < -0.3 is 14.5 Å². The van der Waals surface area contributed by atoms with Gasteiger partial charge in [-0.3, -0.25) is 9.59 Å². The van der Waals surface area contributed by atoms with Crippen LogP contribution in [0.2, 0.25) is 0 Å². The van der Waals surface area contributed by atoms with Gasteiger partial charge in [0.05, 0.1) is 5.56 Å². The number of para-hydroxylation sites is 1. The summed E-state index contributed by atoms with van der Waals surface area (Å²) in [6.45, 7) is -1.30. The summed E-state index contributed by atoms with van der Waals surface area (Å²) in [4.78, 5) is 28.4. The summed E-state index contributed by atoms with van der Waals surface area (Å²) in [5.74, 6) is -0.0540. The Morgan fingerprint density at radius 2 is 1.81 bits per heavy atom. The van der Waals surface area contributed by atoms with E-state index in [1.165, 1.54) is 12.1 Å². The Bertz CT molecular complexity index is 685. The van der Waals surface area contributed by atoms with Crippen molar-refractivity contribution in [3.8, 4) is 5.75 Å². The standard InChI is InChI=1S/C19H22F2N2O3/c20-19(21)26-16-8-4-3-7-15(16)18(25)23-11-9-22(10-12-23)17(24)13-14-5-1-2-6-14/h1,3-5,7-8,14,19H,2,6,9-13H2. The van der Waals surface area contributed by atoms with Crippen molar-refractivity contribution in [1.82, 2.24) is 9.80 Å². The predicted molar refractivity (Wildman–Crippen MR) is 92.0 cm³/mol. The van der Waals surface area contributed by atoms with Crippen LogP contribution >= 0.6 is 0 Å². The van der Waals surface area contributed by atoms with E-state index in [-0.39, 0.29) is 23.1 Å². The quantitative estimate of drug-likeness (QED) is 0.755. The van der Waals surface area contributed by atoms with E-state index < -0.39 is 6.61 Å². The lowest BCUT2D eigenvalue weighted by molar-refractivity contribution is -0.133. The van der Waals surface area contributed by atoms with E-state index >= 15 is 0 Å². The fraction of sp³-hybridized carbons (Fsp3) is 0.474. The lowest BCUT2D eigenvalue weighted by Gasteiger charge is -2.35. The molecule has 1 aliphatic carbocycles. The van der Waals surface area contributed by atoms with E-state index in [0.717, 1.165) is 12.8 Å². The number of hydrogen-bond donors (Lipinski definition) is 0. The number of ether oxygens (including phenoxy) is 1. The van der Waals surface area contributed by atoms with E-state index in [0.29, 0.717) is 38.5 Å². The molecule has 0 N–H and O–H groups in total. The molecule has 0 bridgehead atoms. The van der Waals surface area contributed by atoms with E-state index in [9.17, 15) is 18.4 Å². The predicted octanol–water partition coefficient (Wildman–Crippen LogP) is 2.93. The Morgan fingerprint density at radius 3 is 2.46 bits per heavy atom. The van der Waals surface area contributed by atoms with Crippen LogP contribution in [0.5, 0.6) is 5.75 Å². The van der Waals surface area contributed by atoms with E-state index in [1.54, 1.807) is 21.9 Å². The van der Waals surface area contributed by atoms with Gasteiger partial charge in [-0.25, -0.2) is 0 Å². The molecule has 0 saturated carbocycles. The van der Waals surface area contributed by atoms with Crippen LogP contribution in [0.25, 0.3) is 0 Å². The minimum Gasteiger partial charge on any atom is -0.434 e. The number of piperazine rings is 1. The topological polar surface area (TPSA) is 49.9 Å². The van der Waals surface area contributed by atoms with Gasteiger partial charge in [0, 0.05) is 32.6 Å². The first-order chi connectivity index (χ1) is 12.5. The minimum atomic E-state index is -2.98. The Balaban J connectivity index is 1.57. The average Bonchev–Trinajstić information content (AvgIpc) is 3.14. The third-order valence-electron chi connectivity index (χ3n) is 4.80. The van der Waals surface area contributed by atoms with Gasteiger partial charge in [-0.1, -0.05) is 24.3 Å². The molecular formula is C19H22F2N2O3. The van der Waals surface area contributed by atoms with Gasteiger partial charge in [0.2, 0.25) is 5.91 Å². The summed E-state index contributed by atoms with van der Waals surface area (Å²) >= 11 is 0. The zero-order valence-corrected chi connectivity index (χ0v) is 14.4. The molecule has 1 aliphatic heterocycles. The largest absolute Gasteiger partial charge is 0.434 e. The van der Waals surface area contributed by atoms with E-state index in [2.05, 4.69) is 16.9 Å². The molecule has 26 heavy (non-hydrogen) atoms. The van der Waals surface area contributed by atoms with Crippen molar-refractivity contribution in [2.75, 3.05) is 26.2 Å². The molecule has 0 aromatic heterocycles. The Hall–Kier alpha value is -2.44. The van der Waals surface area contributed by atoms with Crippen molar-refractivity contribution >= 4 is 11.8 Å². The summed E-state index contributed by atoms with van der Waals surface area (Å²) in [5.41, 5.74) is 0.115. The third kappa shape index (κ3) is 4.39. The molecular weight excluding hydrogens is 342 g/mol. The SMILES string of the molecule is O=C(CC1C=CCC1)N1CCN(C(=O)c2ccccc2OC(F)F)CC1. The lowest BCUT2D eigenvalue weighted by Crippen LogP contribution is -2.50. The second-order valence-corrected chi connectivity index (χ2v) is 6.52. The molecule has 2 amide bonds. The Morgan fingerprint density at radius 1 is 1.12 bits per heavy atom. The molecule has 0 radical (unpaired) electrons. The highest BCUT2D eigenvalue weighted by Crippen LogP contribution is 2.24. The van der Waals surface area contributed by atoms with Crippen LogP contribution in [-0.4, -0.2) is 54.4 Å². The first-order valence-corrected chi connectivity index (χ1v) is 8.82. The molecule has 1 atom stereocenters. The van der Waals surface area contributed by atoms with Crippen molar-refractivity contribution in [3.63, 3.8) is 0 Å². The monoisotopic (exact) mass is 364 g/mol. The first kappa shape index (κ1) is 18.4. The Kier molecular flexibility index (Phi) is 5.85. The molecule has 1 fully saturated rings. The number of amides is 2. The van der Waals surface area contributed by atoms with Crippen LogP contribution in [0, 0.1) is 5.92 Å². The highest BCUT2D eigenvalue weighted by Gasteiger charge is 2.27. The first-order valence-electron chi connectivity index (χ1n) is 8.82. The van der Waals surface area contributed by atoms with Crippen molar-refractivity contribution < 1.29 is 23.1 Å². The van der Waals surface area contributed by atoms with Gasteiger partial charge in [0.1, 0.15) is 5.75 Å². The van der Waals surface area contributed by atoms with Gasteiger partial charge in [0.25, 0.3) is 5.91 Å². The lowest BCUT2D eigenvalue weighted by atomic mass is 10.0. The second-order valence-electron chi connectivity index (χ2n) is 6.52. The molecule has 1 aromatic rings. The highest BCUT2D eigenvalue weighted by atomic mass is 19.3. The van der Waals surface area contributed by atoms with Crippen molar-refractivity contribution in [3.05, 3.63) is 42.0 Å². The number of rotatable bonds is 5. The number of allylic oxidation sites excluding steroid dienone is 2. The smallest absolute Gasteiger partial charge is 0.387 e. The molecule has 5 nitrogen and oxygen atoms in total. The molecule has 1 aromatic carbocycles. The van der Waals surface area contributed by atoms with Crippen LogP contribution in [-0.2, 0) is 4.79 Å². The fourth-order valence-electron chi connectivity index (χ4n) is 3.39. The minimum absolute atomic E-state index is 0.107. The molecule has 2 aliphatic rings. The normalized spacial score (nSPS) is 19.9. The molecule has 7 heteroatoms. The van der Waals surface area contributed by atoms with Crippen LogP contribution in [0.3, 0.4) is 0 Å². The molecule has 140 valence electrons. The van der Waals surface area contributed by atoms with Gasteiger partial charge in [0.15, 0.2) is 0 Å². The number of hydrogen-bond acceptors (Lipinski definition) is 3. The highest BCUT2D eigenvalue weighted by molar-refractivity contribution is 5.97. The molecule has 0 spiro atoms. The van der Waals surface area contributed by atoms with Crippen molar-refractivity contribution in [1.29, 1.82) is 0 Å². The summed E-state index contributed by atoms with van der Waals surface area (Å²) < 4.78 is 29.5. The number of alkyl halides is 2. The second kappa shape index (κ2) is 8.29. The summed E-state index contributed by atoms with van der Waals surface area (Å²) in [7, 11) is 0. The number of nitrogens with zero attached hydrogens (tertiary/aromatic N) is 2. The Labute approximate surface area is 151 Å². The maximum Gasteiger partial charge on any atom is 0.387 e. The van der Waals surface area contributed by atoms with Crippen molar-refractivity contribution in [2.24, 2.45) is 5.92 Å². The van der Waals surface area contributed by atoms with Crippen LogP contribution in [0.15, 0.2) is 36.4 Å². The van der Waals surface area contributed by atoms with Crippen LogP contribution in [0.1, 0.15) is 29.6 Å². The van der Waals surface area contributed by atoms with E-state index in [1.807, 2.05) is 0 Å². The summed E-state index contributed by atoms with van der Waals surface area (Å²) in [6.07, 6.45) is 6.76. The fourth-order valence-corrected chi connectivity index (χ4v) is 3.39. The molecule has 1 heterocycles. The summed E-state index contributed by atoms with van der Waals surface area (Å²) in [6, 6.07) is 5.99. The third-order valence-corrected chi connectivity index (χ3v) is 4.80. The van der Waals surface area contributed by atoms with E-state index in [4.69, 9.17) is 0 Å². The zero-order valence-electron chi connectivity index (χ0n) is 14.4. The molecule has 1 unspecified atom stereocenters. The number of benzene rings is 1. The maximum atomic E-state index is 12.6. The van der Waals surface area contributed by atoms with Gasteiger partial charge in [-0.15, -0.1) is 0 Å². The van der Waals surface area contributed by atoms with Gasteiger partial charge >= 0.3 is 6.61 Å². The number of carbonyl (C=O) groups is 2. The van der Waals surface area contributed by atoms with Gasteiger partial charge in [-0.05, 0) is 30.9 Å². The summed E-state index contributed by atoms with van der Waals surface area (Å²) in [5, 5.41) is 0. The average molecular weight is 364 g/mol. The number of carbonyl (C=O) groups excluding carboxylic acids is 2.